The van der Waals surface area contributed by atoms with Crippen molar-refractivity contribution in [2.24, 2.45) is 0 Å². The fourth-order valence-corrected chi connectivity index (χ4v) is 2.89. The maximum absolute atomic E-state index is 6.31. The second-order valence-corrected chi connectivity index (χ2v) is 5.54. The molecule has 0 atom stereocenters. The maximum Gasteiger partial charge on any atom is 0.228 e. The Kier molecular flexibility index (Phi) is 2.72. The van der Waals surface area contributed by atoms with Crippen LogP contribution in [0.1, 0.15) is 5.56 Å². The maximum atomic E-state index is 6.31. The van der Waals surface area contributed by atoms with Gasteiger partial charge in [-0.05, 0) is 36.1 Å². The molecule has 0 N–H and O–H groups in total. The minimum atomic E-state index is 0.561. The number of nitrogens with zero attached hydrogens (tertiary/aromatic N) is 1. The second-order valence-electron chi connectivity index (χ2n) is 5.14. The molecule has 0 bridgehead atoms. The summed E-state index contributed by atoms with van der Waals surface area (Å²) in [6.45, 7) is 2.01. The van der Waals surface area contributed by atoms with Crippen LogP contribution in [0.2, 0.25) is 5.02 Å². The van der Waals surface area contributed by atoms with E-state index in [2.05, 4.69) is 17.1 Å². The predicted molar refractivity (Wildman–Crippen MR) is 86.7 cm³/mol. The van der Waals surface area contributed by atoms with Gasteiger partial charge in [-0.25, -0.2) is 4.98 Å². The molecule has 0 aliphatic heterocycles. The number of rotatable bonds is 1. The molecule has 0 spiro atoms. The molecule has 0 saturated carbocycles. The lowest BCUT2D eigenvalue weighted by molar-refractivity contribution is 0.620. The SMILES string of the molecule is Cc1ccc(-c2nc3c(ccc4ccccc43)o2)c(Cl)c1. The number of aryl methyl sites for hydroxylation is 1. The van der Waals surface area contributed by atoms with E-state index in [1.165, 1.54) is 0 Å². The quantitative estimate of drug-likeness (QED) is 0.456. The van der Waals surface area contributed by atoms with Crippen LogP contribution in [-0.4, -0.2) is 4.98 Å². The van der Waals surface area contributed by atoms with Crippen LogP contribution in [0.15, 0.2) is 59.0 Å². The molecule has 0 radical (unpaired) electrons. The Hall–Kier alpha value is -2.32. The van der Waals surface area contributed by atoms with E-state index in [4.69, 9.17) is 16.0 Å². The third-order valence-corrected chi connectivity index (χ3v) is 3.95. The van der Waals surface area contributed by atoms with Crippen LogP contribution in [0.25, 0.3) is 33.3 Å². The van der Waals surface area contributed by atoms with E-state index in [0.717, 1.165) is 33.0 Å². The van der Waals surface area contributed by atoms with Crippen molar-refractivity contribution in [2.75, 3.05) is 0 Å². The van der Waals surface area contributed by atoms with E-state index in [1.54, 1.807) is 0 Å². The second kappa shape index (κ2) is 4.61. The van der Waals surface area contributed by atoms with Crippen LogP contribution in [0.3, 0.4) is 0 Å². The van der Waals surface area contributed by atoms with E-state index in [9.17, 15) is 0 Å². The molecule has 0 aliphatic carbocycles. The van der Waals surface area contributed by atoms with Gasteiger partial charge in [-0.1, -0.05) is 48.0 Å². The normalized spacial score (nSPS) is 11.3. The highest BCUT2D eigenvalue weighted by Crippen LogP contribution is 2.33. The first-order valence-corrected chi connectivity index (χ1v) is 7.15. The van der Waals surface area contributed by atoms with E-state index in [0.29, 0.717) is 10.9 Å². The summed E-state index contributed by atoms with van der Waals surface area (Å²) in [5.41, 5.74) is 3.59. The largest absolute Gasteiger partial charge is 0.436 e. The van der Waals surface area contributed by atoms with Gasteiger partial charge in [0.15, 0.2) is 5.58 Å². The number of hydrogen-bond donors (Lipinski definition) is 0. The third kappa shape index (κ3) is 1.99. The van der Waals surface area contributed by atoms with Gasteiger partial charge in [-0.3, -0.25) is 0 Å². The van der Waals surface area contributed by atoms with Gasteiger partial charge >= 0.3 is 0 Å². The van der Waals surface area contributed by atoms with Crippen molar-refractivity contribution in [2.45, 2.75) is 6.92 Å². The van der Waals surface area contributed by atoms with Crippen molar-refractivity contribution in [1.82, 2.24) is 4.98 Å². The molecule has 102 valence electrons. The summed E-state index contributed by atoms with van der Waals surface area (Å²) >= 11 is 6.31. The molecule has 1 aromatic heterocycles. The molecule has 0 fully saturated rings. The summed E-state index contributed by atoms with van der Waals surface area (Å²) in [6, 6.07) is 18.0. The molecule has 3 aromatic carbocycles. The average Bonchev–Trinajstić information content (AvgIpc) is 2.91. The van der Waals surface area contributed by atoms with Gasteiger partial charge in [-0.15, -0.1) is 0 Å². The number of hydrogen-bond acceptors (Lipinski definition) is 2. The molecule has 4 rings (SSSR count). The van der Waals surface area contributed by atoms with Crippen molar-refractivity contribution < 1.29 is 4.42 Å². The van der Waals surface area contributed by atoms with Crippen LogP contribution in [0.4, 0.5) is 0 Å². The van der Waals surface area contributed by atoms with Gasteiger partial charge in [0.1, 0.15) is 5.52 Å². The molecule has 4 aromatic rings. The summed E-state index contributed by atoms with van der Waals surface area (Å²) < 4.78 is 5.89. The summed E-state index contributed by atoms with van der Waals surface area (Å²) in [5, 5.41) is 2.90. The Bertz CT molecular complexity index is 971. The van der Waals surface area contributed by atoms with Gasteiger partial charge < -0.3 is 4.42 Å². The van der Waals surface area contributed by atoms with Crippen molar-refractivity contribution in [1.29, 1.82) is 0 Å². The Labute approximate surface area is 127 Å². The number of fused-ring (bicyclic) bond motifs is 3. The molecule has 21 heavy (non-hydrogen) atoms. The molecule has 0 aliphatic rings. The smallest absolute Gasteiger partial charge is 0.228 e. The van der Waals surface area contributed by atoms with Gasteiger partial charge in [0, 0.05) is 5.39 Å². The lowest BCUT2D eigenvalue weighted by Crippen LogP contribution is -1.81. The standard InChI is InChI=1S/C18H12ClNO/c1-11-6-8-14(15(19)10-11)18-20-17-13-5-3-2-4-12(13)7-9-16(17)21-18/h2-10H,1H3. The lowest BCUT2D eigenvalue weighted by atomic mass is 10.1. The van der Waals surface area contributed by atoms with Gasteiger partial charge in [0.2, 0.25) is 5.89 Å². The first kappa shape index (κ1) is 12.4. The number of benzene rings is 3. The van der Waals surface area contributed by atoms with Crippen LogP contribution < -0.4 is 0 Å². The van der Waals surface area contributed by atoms with Crippen LogP contribution in [0, 0.1) is 6.92 Å². The Balaban J connectivity index is 2.00. The minimum absolute atomic E-state index is 0.561. The lowest BCUT2D eigenvalue weighted by Gasteiger charge is -2.00. The van der Waals surface area contributed by atoms with E-state index >= 15 is 0 Å². The van der Waals surface area contributed by atoms with E-state index < -0.39 is 0 Å². The van der Waals surface area contributed by atoms with Crippen molar-refractivity contribution in [3.05, 3.63) is 65.2 Å². The predicted octanol–water partition coefficient (Wildman–Crippen LogP) is 5.61. The molecule has 0 amide bonds. The average molecular weight is 294 g/mol. The number of halogens is 1. The molecular formula is C18H12ClNO. The van der Waals surface area contributed by atoms with Gasteiger partial charge in [-0.2, -0.15) is 0 Å². The van der Waals surface area contributed by atoms with E-state index in [1.807, 2.05) is 49.4 Å². The highest BCUT2D eigenvalue weighted by molar-refractivity contribution is 6.33. The molecule has 0 saturated heterocycles. The zero-order chi connectivity index (χ0) is 14.4. The van der Waals surface area contributed by atoms with Crippen molar-refractivity contribution >= 4 is 33.5 Å². The van der Waals surface area contributed by atoms with Crippen molar-refractivity contribution in [3.8, 4) is 11.5 Å². The van der Waals surface area contributed by atoms with Crippen LogP contribution >= 0.6 is 11.6 Å². The number of oxazole rings is 1. The first-order valence-electron chi connectivity index (χ1n) is 6.77. The highest BCUT2D eigenvalue weighted by Gasteiger charge is 2.13. The van der Waals surface area contributed by atoms with Crippen LogP contribution in [-0.2, 0) is 0 Å². The Morgan fingerprint density at radius 2 is 1.86 bits per heavy atom. The molecule has 1 heterocycles. The summed E-state index contributed by atoms with van der Waals surface area (Å²) in [5.74, 6) is 0.561. The topological polar surface area (TPSA) is 26.0 Å². The fourth-order valence-electron chi connectivity index (χ4n) is 2.57. The summed E-state index contributed by atoms with van der Waals surface area (Å²) in [4.78, 5) is 4.65. The summed E-state index contributed by atoms with van der Waals surface area (Å²) in [7, 11) is 0. The van der Waals surface area contributed by atoms with Gasteiger partial charge in [0.05, 0.1) is 10.6 Å². The van der Waals surface area contributed by atoms with E-state index in [-0.39, 0.29) is 0 Å². The van der Waals surface area contributed by atoms with Crippen LogP contribution in [0.5, 0.6) is 0 Å². The zero-order valence-electron chi connectivity index (χ0n) is 11.4. The first-order chi connectivity index (χ1) is 10.2. The van der Waals surface area contributed by atoms with Crippen molar-refractivity contribution in [3.63, 3.8) is 0 Å². The fraction of sp³-hybridized carbons (Fsp3) is 0.0556. The molecular weight excluding hydrogens is 282 g/mol. The monoisotopic (exact) mass is 293 g/mol. The zero-order valence-corrected chi connectivity index (χ0v) is 12.2. The Morgan fingerprint density at radius 1 is 1.00 bits per heavy atom. The highest BCUT2D eigenvalue weighted by atomic mass is 35.5. The molecule has 3 heteroatoms. The summed E-state index contributed by atoms with van der Waals surface area (Å²) in [6.07, 6.45) is 0. The minimum Gasteiger partial charge on any atom is -0.436 e. The molecule has 0 unspecified atom stereocenters. The third-order valence-electron chi connectivity index (χ3n) is 3.64. The molecule has 2 nitrogen and oxygen atoms in total. The van der Waals surface area contributed by atoms with Gasteiger partial charge in [0.25, 0.3) is 0 Å². The number of aromatic nitrogens is 1. The Morgan fingerprint density at radius 3 is 2.71 bits per heavy atom.